The smallest absolute Gasteiger partial charge is 0.227 e. The summed E-state index contributed by atoms with van der Waals surface area (Å²) in [7, 11) is 0. The molecule has 0 aromatic carbocycles. The van der Waals surface area contributed by atoms with Crippen molar-refractivity contribution in [1.82, 2.24) is 34.5 Å². The molecule has 208 valence electrons. The number of rotatable bonds is 7. The van der Waals surface area contributed by atoms with Crippen molar-refractivity contribution in [2.45, 2.75) is 77.3 Å². The van der Waals surface area contributed by atoms with Crippen LogP contribution in [0.3, 0.4) is 0 Å². The summed E-state index contributed by atoms with van der Waals surface area (Å²) in [5.74, 6) is 1.27. The minimum absolute atomic E-state index is 0.198. The average Bonchev–Trinajstić information content (AvgIpc) is 3.39. The van der Waals surface area contributed by atoms with Crippen LogP contribution in [0.1, 0.15) is 69.7 Å². The van der Waals surface area contributed by atoms with Crippen LogP contribution in [0.4, 0.5) is 5.95 Å². The molecule has 9 nitrogen and oxygen atoms in total. The largest absolute Gasteiger partial charge is 0.339 e. The molecule has 0 N–H and O–H groups in total. The van der Waals surface area contributed by atoms with E-state index in [1.54, 1.807) is 0 Å². The Bertz CT molecular complexity index is 1250. The minimum Gasteiger partial charge on any atom is -0.339 e. The quantitative estimate of drug-likeness (QED) is 0.458. The van der Waals surface area contributed by atoms with Crippen LogP contribution in [-0.4, -0.2) is 85.7 Å². The molecule has 0 radical (unpaired) electrons. The highest BCUT2D eigenvalue weighted by Crippen LogP contribution is 2.31. The van der Waals surface area contributed by atoms with E-state index in [1.165, 1.54) is 45.2 Å². The molecule has 1 amide bonds. The standard InChI is InChI=1S/C30H42N8O/c1-2-7-25-8-6-9-26(33-25)22-38-28-24(21-32-38)20-31-30(34-28)37-18-16-36(17-19-37)29(39)23-10-12-27(13-11-23)35-14-4-3-5-15-35/h6,8-9,20-21,23,27H,2-5,7,10-19,22H2,1H3. The molecule has 2 saturated heterocycles. The Hall–Kier alpha value is -3.07. The van der Waals surface area contributed by atoms with E-state index in [4.69, 9.17) is 9.97 Å². The first-order valence-corrected chi connectivity index (χ1v) is 15.1. The fourth-order valence-corrected chi connectivity index (χ4v) is 6.65. The SMILES string of the molecule is CCCc1cccc(Cn2ncc3cnc(N4CCN(C(=O)C5CCC(N6CCCCC6)CC5)CC4)nc32)n1. The molecule has 1 saturated carbocycles. The molecule has 39 heavy (non-hydrogen) atoms. The summed E-state index contributed by atoms with van der Waals surface area (Å²) in [5.41, 5.74) is 2.93. The number of carbonyl (C=O) groups excluding carboxylic acids is 1. The van der Waals surface area contributed by atoms with Gasteiger partial charge in [-0.05, 0) is 70.2 Å². The molecule has 0 bridgehead atoms. The number of aryl methyl sites for hydroxylation is 1. The number of amides is 1. The normalized spacial score (nSPS) is 22.9. The van der Waals surface area contributed by atoms with Crippen LogP contribution in [0, 0.1) is 5.92 Å². The molecule has 6 rings (SSSR count). The Morgan fingerprint density at radius 3 is 2.44 bits per heavy atom. The highest BCUT2D eigenvalue weighted by molar-refractivity contribution is 5.79. The molecule has 0 unspecified atom stereocenters. The van der Waals surface area contributed by atoms with Crippen molar-refractivity contribution < 1.29 is 4.79 Å². The number of aromatic nitrogens is 5. The van der Waals surface area contributed by atoms with Crippen LogP contribution in [-0.2, 0) is 17.8 Å². The highest BCUT2D eigenvalue weighted by Gasteiger charge is 2.33. The van der Waals surface area contributed by atoms with Gasteiger partial charge in [0.25, 0.3) is 0 Å². The molecule has 5 heterocycles. The van der Waals surface area contributed by atoms with Gasteiger partial charge in [0.1, 0.15) is 0 Å². The number of anilines is 1. The van der Waals surface area contributed by atoms with Gasteiger partial charge in [-0.15, -0.1) is 0 Å². The van der Waals surface area contributed by atoms with Crippen molar-refractivity contribution in [2.24, 2.45) is 5.92 Å². The van der Waals surface area contributed by atoms with Crippen molar-refractivity contribution in [3.8, 4) is 0 Å². The molecule has 3 aromatic heterocycles. The second kappa shape index (κ2) is 12.0. The zero-order chi connectivity index (χ0) is 26.6. The third-order valence-corrected chi connectivity index (χ3v) is 8.87. The van der Waals surface area contributed by atoms with E-state index in [-0.39, 0.29) is 5.92 Å². The maximum absolute atomic E-state index is 13.3. The lowest BCUT2D eigenvalue weighted by Gasteiger charge is -2.41. The molecular weight excluding hydrogens is 488 g/mol. The van der Waals surface area contributed by atoms with Gasteiger partial charge in [0.15, 0.2) is 5.65 Å². The fraction of sp³-hybridized carbons (Fsp3) is 0.633. The Kier molecular flexibility index (Phi) is 8.04. The summed E-state index contributed by atoms with van der Waals surface area (Å²) in [6.45, 7) is 8.25. The number of likely N-dealkylation sites (tertiary alicyclic amines) is 1. The molecule has 1 aliphatic carbocycles. The van der Waals surface area contributed by atoms with Gasteiger partial charge in [-0.1, -0.05) is 25.8 Å². The molecule has 3 fully saturated rings. The molecule has 2 aliphatic heterocycles. The number of fused-ring (bicyclic) bond motifs is 1. The van der Waals surface area contributed by atoms with Gasteiger partial charge in [0.05, 0.1) is 23.8 Å². The first kappa shape index (κ1) is 26.2. The van der Waals surface area contributed by atoms with Crippen LogP contribution < -0.4 is 4.90 Å². The van der Waals surface area contributed by atoms with E-state index in [0.717, 1.165) is 74.3 Å². The molecule has 0 atom stereocenters. The Morgan fingerprint density at radius 2 is 1.67 bits per heavy atom. The summed E-state index contributed by atoms with van der Waals surface area (Å²) >= 11 is 0. The lowest BCUT2D eigenvalue weighted by Crippen LogP contribution is -2.51. The monoisotopic (exact) mass is 530 g/mol. The van der Waals surface area contributed by atoms with Crippen LogP contribution in [0.25, 0.3) is 11.0 Å². The van der Waals surface area contributed by atoms with Gasteiger partial charge in [-0.25, -0.2) is 9.67 Å². The molecule has 3 aliphatic rings. The molecule has 9 heteroatoms. The van der Waals surface area contributed by atoms with E-state index < -0.39 is 0 Å². The number of nitrogens with zero attached hydrogens (tertiary/aromatic N) is 8. The zero-order valence-corrected chi connectivity index (χ0v) is 23.3. The van der Waals surface area contributed by atoms with Gasteiger partial charge in [0.2, 0.25) is 11.9 Å². The first-order valence-electron chi connectivity index (χ1n) is 15.1. The second-order valence-electron chi connectivity index (χ2n) is 11.5. The number of piperidine rings is 1. The predicted molar refractivity (Wildman–Crippen MR) is 153 cm³/mol. The highest BCUT2D eigenvalue weighted by atomic mass is 16.2. The van der Waals surface area contributed by atoms with E-state index in [2.05, 4.69) is 43.8 Å². The van der Waals surface area contributed by atoms with Crippen molar-refractivity contribution in [3.63, 3.8) is 0 Å². The first-order chi connectivity index (χ1) is 19.2. The zero-order valence-electron chi connectivity index (χ0n) is 23.3. The van der Waals surface area contributed by atoms with Gasteiger partial charge in [-0.2, -0.15) is 10.1 Å². The lowest BCUT2D eigenvalue weighted by molar-refractivity contribution is -0.137. The van der Waals surface area contributed by atoms with Gasteiger partial charge in [0, 0.05) is 50.0 Å². The molecular formula is C30H42N8O. The number of pyridine rings is 1. The topological polar surface area (TPSA) is 83.3 Å². The van der Waals surface area contributed by atoms with Gasteiger partial charge < -0.3 is 14.7 Å². The van der Waals surface area contributed by atoms with Crippen molar-refractivity contribution in [1.29, 1.82) is 0 Å². The summed E-state index contributed by atoms with van der Waals surface area (Å²) in [4.78, 5) is 34.7. The van der Waals surface area contributed by atoms with Crippen molar-refractivity contribution >= 4 is 22.9 Å². The molecule has 3 aromatic rings. The summed E-state index contributed by atoms with van der Waals surface area (Å²) in [6.07, 6.45) is 14.2. The van der Waals surface area contributed by atoms with E-state index in [1.807, 2.05) is 23.1 Å². The Labute approximate surface area is 231 Å². The summed E-state index contributed by atoms with van der Waals surface area (Å²) in [6, 6.07) is 6.90. The van der Waals surface area contributed by atoms with Gasteiger partial charge >= 0.3 is 0 Å². The van der Waals surface area contributed by atoms with Crippen molar-refractivity contribution in [2.75, 3.05) is 44.2 Å². The number of piperazine rings is 1. The Morgan fingerprint density at radius 1 is 0.897 bits per heavy atom. The van der Waals surface area contributed by atoms with Gasteiger partial charge in [-0.3, -0.25) is 9.78 Å². The summed E-state index contributed by atoms with van der Waals surface area (Å²) in [5, 5.41) is 5.50. The molecule has 0 spiro atoms. The third-order valence-electron chi connectivity index (χ3n) is 8.87. The summed E-state index contributed by atoms with van der Waals surface area (Å²) < 4.78 is 1.92. The number of carbonyl (C=O) groups is 1. The van der Waals surface area contributed by atoms with Crippen LogP contribution >= 0.6 is 0 Å². The van der Waals surface area contributed by atoms with Crippen LogP contribution in [0.2, 0.25) is 0 Å². The average molecular weight is 531 g/mol. The maximum atomic E-state index is 13.3. The van der Waals surface area contributed by atoms with Crippen LogP contribution in [0.15, 0.2) is 30.6 Å². The number of hydrogen-bond acceptors (Lipinski definition) is 7. The van der Waals surface area contributed by atoms with E-state index in [9.17, 15) is 4.79 Å². The number of hydrogen-bond donors (Lipinski definition) is 0. The fourth-order valence-electron chi connectivity index (χ4n) is 6.65. The predicted octanol–water partition coefficient (Wildman–Crippen LogP) is 3.92. The second-order valence-corrected chi connectivity index (χ2v) is 11.5. The van der Waals surface area contributed by atoms with Crippen molar-refractivity contribution in [3.05, 3.63) is 42.0 Å². The lowest BCUT2D eigenvalue weighted by atomic mass is 9.83. The van der Waals surface area contributed by atoms with E-state index >= 15 is 0 Å². The minimum atomic E-state index is 0.198. The maximum Gasteiger partial charge on any atom is 0.227 e. The van der Waals surface area contributed by atoms with Crippen LogP contribution in [0.5, 0.6) is 0 Å². The third kappa shape index (κ3) is 5.93. The van der Waals surface area contributed by atoms with E-state index in [0.29, 0.717) is 24.4 Å². The Balaban J connectivity index is 1.05.